The summed E-state index contributed by atoms with van der Waals surface area (Å²) in [6.07, 6.45) is 1.77. The van der Waals surface area contributed by atoms with Gasteiger partial charge in [-0.1, -0.05) is 11.6 Å². The highest BCUT2D eigenvalue weighted by Crippen LogP contribution is 2.30. The van der Waals surface area contributed by atoms with Gasteiger partial charge in [0.25, 0.3) is 0 Å². The number of nitrogens with one attached hydrogen (secondary N) is 1. The molecule has 2 aromatic heterocycles. The van der Waals surface area contributed by atoms with Gasteiger partial charge in [-0.05, 0) is 12.1 Å². The highest BCUT2D eigenvalue weighted by atomic mass is 35.5. The van der Waals surface area contributed by atoms with Crippen molar-refractivity contribution in [3.63, 3.8) is 0 Å². The van der Waals surface area contributed by atoms with E-state index >= 15 is 0 Å². The van der Waals surface area contributed by atoms with Crippen LogP contribution in [0, 0.1) is 0 Å². The van der Waals surface area contributed by atoms with E-state index in [2.05, 4.69) is 10.3 Å². The summed E-state index contributed by atoms with van der Waals surface area (Å²) in [5.41, 5.74) is 3.76. The van der Waals surface area contributed by atoms with E-state index in [9.17, 15) is 4.79 Å². The monoisotopic (exact) mass is 351 g/mol. The van der Waals surface area contributed by atoms with E-state index in [0.29, 0.717) is 11.0 Å². The first-order chi connectivity index (χ1) is 10.9. The fourth-order valence-electron chi connectivity index (χ4n) is 2.59. The molecule has 0 radical (unpaired) electrons. The molecule has 8 heteroatoms. The Morgan fingerprint density at radius 2 is 1.91 bits per heavy atom. The summed E-state index contributed by atoms with van der Waals surface area (Å²) in [6.45, 7) is 0.636. The predicted molar refractivity (Wildman–Crippen MR) is 96.9 cm³/mol. The van der Waals surface area contributed by atoms with Gasteiger partial charge in [0.2, 0.25) is 0 Å². The predicted octanol–water partition coefficient (Wildman–Crippen LogP) is 2.67. The van der Waals surface area contributed by atoms with Crippen LogP contribution in [0.5, 0.6) is 0 Å². The van der Waals surface area contributed by atoms with E-state index in [4.69, 9.17) is 11.6 Å². The van der Waals surface area contributed by atoms with Gasteiger partial charge in [-0.15, -0.1) is 11.3 Å². The molecule has 0 unspecified atom stereocenters. The molecule has 0 aliphatic rings. The van der Waals surface area contributed by atoms with Gasteiger partial charge in [0.15, 0.2) is 4.47 Å². The lowest BCUT2D eigenvalue weighted by Crippen LogP contribution is -2.19. The Kier molecular flexibility index (Phi) is 4.08. The smallest absolute Gasteiger partial charge is 0.328 e. The van der Waals surface area contributed by atoms with E-state index in [1.54, 1.807) is 29.4 Å². The Bertz CT molecular complexity index is 924. The second kappa shape index (κ2) is 5.90. The highest BCUT2D eigenvalue weighted by Gasteiger charge is 2.14. The molecule has 0 saturated carbocycles. The van der Waals surface area contributed by atoms with Crippen molar-refractivity contribution in [1.29, 1.82) is 0 Å². The van der Waals surface area contributed by atoms with Gasteiger partial charge in [0.1, 0.15) is 0 Å². The molecular formula is C15H18ClN5OS. The summed E-state index contributed by atoms with van der Waals surface area (Å²) in [7, 11) is 7.54. The molecule has 3 rings (SSSR count). The van der Waals surface area contributed by atoms with Crippen LogP contribution in [0.4, 0.5) is 11.4 Å². The molecule has 0 bridgehead atoms. The molecule has 0 amide bonds. The van der Waals surface area contributed by atoms with Crippen LogP contribution in [0.2, 0.25) is 4.47 Å². The van der Waals surface area contributed by atoms with Crippen molar-refractivity contribution in [2.45, 2.75) is 6.54 Å². The number of aryl methyl sites for hydroxylation is 2. The zero-order chi connectivity index (χ0) is 16.7. The molecule has 0 aliphatic carbocycles. The lowest BCUT2D eigenvalue weighted by Gasteiger charge is -2.19. The number of nitrogens with zero attached hydrogens (tertiary/aromatic N) is 4. The topological polar surface area (TPSA) is 55.1 Å². The summed E-state index contributed by atoms with van der Waals surface area (Å²) in [5, 5.41) is 3.42. The summed E-state index contributed by atoms with van der Waals surface area (Å²) in [4.78, 5) is 19.3. The molecule has 0 saturated heterocycles. The molecule has 3 aromatic rings. The van der Waals surface area contributed by atoms with Gasteiger partial charge in [0, 0.05) is 39.3 Å². The lowest BCUT2D eigenvalue weighted by molar-refractivity contribution is 0.795. The van der Waals surface area contributed by atoms with Crippen LogP contribution in [0.15, 0.2) is 23.1 Å². The number of benzene rings is 1. The van der Waals surface area contributed by atoms with Crippen LogP contribution >= 0.6 is 22.9 Å². The van der Waals surface area contributed by atoms with E-state index in [-0.39, 0.29) is 5.69 Å². The third-order valence-corrected chi connectivity index (χ3v) is 4.96. The van der Waals surface area contributed by atoms with E-state index in [1.165, 1.54) is 11.3 Å². The first kappa shape index (κ1) is 15.9. The van der Waals surface area contributed by atoms with Crippen LogP contribution in [-0.4, -0.2) is 28.2 Å². The summed E-state index contributed by atoms with van der Waals surface area (Å²) in [5.74, 6) is 0. The van der Waals surface area contributed by atoms with Gasteiger partial charge in [-0.25, -0.2) is 9.78 Å². The van der Waals surface area contributed by atoms with E-state index in [1.807, 2.05) is 31.1 Å². The van der Waals surface area contributed by atoms with Crippen molar-refractivity contribution in [3.05, 3.63) is 38.2 Å². The SMILES string of the molecule is CN(C)c1cc2c(cc1NCc1cnc(Cl)s1)n(C)c(=O)n2C. The molecule has 0 aliphatic heterocycles. The number of halogens is 1. The second-order valence-electron chi connectivity index (χ2n) is 5.59. The fraction of sp³-hybridized carbons (Fsp3) is 0.333. The minimum absolute atomic E-state index is 0.0314. The highest BCUT2D eigenvalue weighted by molar-refractivity contribution is 7.15. The van der Waals surface area contributed by atoms with Crippen LogP contribution in [-0.2, 0) is 20.6 Å². The molecule has 0 spiro atoms. The molecule has 1 aromatic carbocycles. The number of aromatic nitrogens is 3. The molecule has 122 valence electrons. The normalized spacial score (nSPS) is 11.2. The molecular weight excluding hydrogens is 334 g/mol. The van der Waals surface area contributed by atoms with Crippen LogP contribution in [0.25, 0.3) is 11.0 Å². The van der Waals surface area contributed by atoms with Crippen molar-refractivity contribution < 1.29 is 0 Å². The number of rotatable bonds is 4. The fourth-order valence-corrected chi connectivity index (χ4v) is 3.51. The Labute approximate surface area is 142 Å². The molecule has 23 heavy (non-hydrogen) atoms. The average Bonchev–Trinajstić information content (AvgIpc) is 3.02. The Balaban J connectivity index is 2.05. The van der Waals surface area contributed by atoms with Crippen LogP contribution in [0.3, 0.4) is 0 Å². The maximum absolute atomic E-state index is 12.1. The number of imidazole rings is 1. The van der Waals surface area contributed by atoms with Crippen molar-refractivity contribution in [2.75, 3.05) is 24.3 Å². The van der Waals surface area contributed by atoms with E-state index < -0.39 is 0 Å². The first-order valence-corrected chi connectivity index (χ1v) is 8.28. The van der Waals surface area contributed by atoms with E-state index in [0.717, 1.165) is 27.3 Å². The first-order valence-electron chi connectivity index (χ1n) is 7.09. The van der Waals surface area contributed by atoms with Crippen molar-refractivity contribution in [3.8, 4) is 0 Å². The number of fused-ring (bicyclic) bond motifs is 1. The van der Waals surface area contributed by atoms with Crippen molar-refractivity contribution in [2.24, 2.45) is 14.1 Å². The zero-order valence-electron chi connectivity index (χ0n) is 13.4. The average molecular weight is 352 g/mol. The largest absolute Gasteiger partial charge is 0.378 e. The Hall–Kier alpha value is -1.99. The van der Waals surface area contributed by atoms with Crippen LogP contribution in [0.1, 0.15) is 4.88 Å². The number of hydrogen-bond acceptors (Lipinski definition) is 5. The lowest BCUT2D eigenvalue weighted by atomic mass is 10.2. The van der Waals surface area contributed by atoms with Gasteiger partial charge in [0.05, 0.1) is 29.0 Å². The third kappa shape index (κ3) is 2.82. The summed E-state index contributed by atoms with van der Waals surface area (Å²) >= 11 is 7.33. The van der Waals surface area contributed by atoms with Gasteiger partial charge >= 0.3 is 5.69 Å². The Morgan fingerprint density at radius 1 is 1.26 bits per heavy atom. The quantitative estimate of drug-likeness (QED) is 0.785. The minimum atomic E-state index is -0.0314. The zero-order valence-corrected chi connectivity index (χ0v) is 15.0. The summed E-state index contributed by atoms with van der Waals surface area (Å²) in [6, 6.07) is 4.04. The third-order valence-electron chi connectivity index (χ3n) is 3.85. The number of anilines is 2. The number of thiazole rings is 1. The standard InChI is InChI=1S/C15H18ClN5OS/c1-19(2)11-6-13-12(20(3)15(22)21(13)4)5-10(11)17-7-9-8-18-14(16)23-9/h5-6,8,17H,7H2,1-4H3. The molecule has 2 heterocycles. The maximum atomic E-state index is 12.1. The van der Waals surface area contributed by atoms with Crippen LogP contribution < -0.4 is 15.9 Å². The molecule has 1 N–H and O–H groups in total. The maximum Gasteiger partial charge on any atom is 0.328 e. The minimum Gasteiger partial charge on any atom is -0.378 e. The van der Waals surface area contributed by atoms with Crippen molar-refractivity contribution in [1.82, 2.24) is 14.1 Å². The summed E-state index contributed by atoms with van der Waals surface area (Å²) < 4.78 is 3.86. The Morgan fingerprint density at radius 3 is 2.48 bits per heavy atom. The number of hydrogen-bond donors (Lipinski definition) is 1. The van der Waals surface area contributed by atoms with Gasteiger partial charge in [-0.3, -0.25) is 9.13 Å². The second-order valence-corrected chi connectivity index (χ2v) is 7.28. The molecule has 0 fully saturated rings. The van der Waals surface area contributed by atoms with Gasteiger partial charge in [-0.2, -0.15) is 0 Å². The molecule has 6 nitrogen and oxygen atoms in total. The molecule has 0 atom stereocenters. The van der Waals surface area contributed by atoms with Crippen molar-refractivity contribution >= 4 is 45.3 Å². The van der Waals surface area contributed by atoms with Gasteiger partial charge < -0.3 is 10.2 Å².